The minimum Gasteiger partial charge on any atom is -0.473 e. The van der Waals surface area contributed by atoms with Crippen LogP contribution in [-0.2, 0) is 13.2 Å². The number of hydrogen-bond acceptors (Lipinski definition) is 5. The van der Waals surface area contributed by atoms with E-state index in [4.69, 9.17) is 9.26 Å². The molecule has 0 atom stereocenters. The Kier molecular flexibility index (Phi) is 5.84. The molecule has 0 bridgehead atoms. The van der Waals surface area contributed by atoms with Gasteiger partial charge in [-0.3, -0.25) is 9.36 Å². The maximum atomic E-state index is 12.9. The molecule has 0 fully saturated rings. The molecule has 31 heavy (non-hydrogen) atoms. The molecular formula is C24H24N4O3. The van der Waals surface area contributed by atoms with Crippen molar-refractivity contribution in [3.63, 3.8) is 0 Å². The Balaban J connectivity index is 1.46. The summed E-state index contributed by atoms with van der Waals surface area (Å²) in [5.41, 5.74) is 4.17. The molecule has 1 N–H and O–H groups in total. The first-order valence-electron chi connectivity index (χ1n) is 10.0. The molecule has 0 saturated heterocycles. The number of nitrogens with zero attached hydrogens (tertiary/aromatic N) is 3. The van der Waals surface area contributed by atoms with Gasteiger partial charge in [0.2, 0.25) is 5.88 Å². The van der Waals surface area contributed by atoms with Crippen LogP contribution in [0.1, 0.15) is 38.6 Å². The quantitative estimate of drug-likeness (QED) is 0.486. The van der Waals surface area contributed by atoms with Gasteiger partial charge in [-0.2, -0.15) is 0 Å². The van der Waals surface area contributed by atoms with Gasteiger partial charge in [0.05, 0.1) is 5.56 Å². The highest BCUT2D eigenvalue weighted by molar-refractivity contribution is 5.95. The van der Waals surface area contributed by atoms with Crippen molar-refractivity contribution in [2.24, 2.45) is 0 Å². The van der Waals surface area contributed by atoms with Crippen LogP contribution in [0.15, 0.2) is 65.3 Å². The first kappa shape index (κ1) is 20.4. The number of amides is 1. The van der Waals surface area contributed by atoms with Gasteiger partial charge >= 0.3 is 0 Å². The van der Waals surface area contributed by atoms with Crippen LogP contribution in [0.5, 0.6) is 5.88 Å². The van der Waals surface area contributed by atoms with Crippen LogP contribution < -0.4 is 10.1 Å². The molecule has 7 nitrogen and oxygen atoms in total. The predicted octanol–water partition coefficient (Wildman–Crippen LogP) is 4.29. The average molecular weight is 416 g/mol. The second kappa shape index (κ2) is 8.87. The van der Waals surface area contributed by atoms with Crippen LogP contribution >= 0.6 is 0 Å². The first-order chi connectivity index (χ1) is 15.0. The number of aryl methyl sites for hydroxylation is 2. The van der Waals surface area contributed by atoms with Crippen molar-refractivity contribution in [1.29, 1.82) is 0 Å². The fourth-order valence-electron chi connectivity index (χ4n) is 3.49. The number of ether oxygens (including phenoxy) is 1. The van der Waals surface area contributed by atoms with E-state index in [1.165, 1.54) is 0 Å². The first-order valence-corrected chi connectivity index (χ1v) is 10.0. The summed E-state index contributed by atoms with van der Waals surface area (Å²) >= 11 is 0. The Morgan fingerprint density at radius 3 is 2.65 bits per heavy atom. The minimum absolute atomic E-state index is 0.169. The summed E-state index contributed by atoms with van der Waals surface area (Å²) in [5, 5.41) is 7.04. The lowest BCUT2D eigenvalue weighted by Crippen LogP contribution is -2.23. The third-order valence-corrected chi connectivity index (χ3v) is 5.03. The normalized spacial score (nSPS) is 10.8. The summed E-state index contributed by atoms with van der Waals surface area (Å²) in [4.78, 5) is 17.2. The highest BCUT2D eigenvalue weighted by Crippen LogP contribution is 2.21. The van der Waals surface area contributed by atoms with Crippen molar-refractivity contribution in [1.82, 2.24) is 20.0 Å². The lowest BCUT2D eigenvalue weighted by molar-refractivity contribution is 0.0950. The van der Waals surface area contributed by atoms with Crippen LogP contribution in [0, 0.1) is 20.8 Å². The van der Waals surface area contributed by atoms with Crippen LogP contribution in [0.3, 0.4) is 0 Å². The second-order valence-corrected chi connectivity index (χ2v) is 7.34. The van der Waals surface area contributed by atoms with Gasteiger partial charge in [-0.05, 0) is 38.5 Å². The molecule has 1 aromatic carbocycles. The number of aromatic nitrogens is 3. The van der Waals surface area contributed by atoms with Crippen molar-refractivity contribution in [3.05, 3.63) is 94.6 Å². The van der Waals surface area contributed by atoms with Gasteiger partial charge in [-0.15, -0.1) is 0 Å². The van der Waals surface area contributed by atoms with E-state index in [2.05, 4.69) is 15.5 Å². The van der Waals surface area contributed by atoms with Gasteiger partial charge in [0.25, 0.3) is 5.91 Å². The maximum absolute atomic E-state index is 12.9. The smallest absolute Gasteiger partial charge is 0.253 e. The van der Waals surface area contributed by atoms with E-state index < -0.39 is 0 Å². The molecule has 0 radical (unpaired) electrons. The zero-order valence-electron chi connectivity index (χ0n) is 17.8. The summed E-state index contributed by atoms with van der Waals surface area (Å²) in [6.45, 7) is 6.39. The molecule has 158 valence electrons. The molecule has 0 aliphatic rings. The third-order valence-electron chi connectivity index (χ3n) is 5.03. The van der Waals surface area contributed by atoms with Crippen LogP contribution in [0.4, 0.5) is 0 Å². The van der Waals surface area contributed by atoms with Gasteiger partial charge < -0.3 is 14.6 Å². The Labute approximate surface area is 180 Å². The van der Waals surface area contributed by atoms with Gasteiger partial charge in [-0.1, -0.05) is 41.6 Å². The molecule has 0 aliphatic carbocycles. The van der Waals surface area contributed by atoms with E-state index in [0.717, 1.165) is 22.5 Å². The molecule has 0 unspecified atom stereocenters. The fourth-order valence-corrected chi connectivity index (χ4v) is 3.49. The van der Waals surface area contributed by atoms with E-state index >= 15 is 0 Å². The molecule has 4 aromatic rings. The van der Waals surface area contributed by atoms with E-state index in [1.54, 1.807) is 6.20 Å². The Morgan fingerprint density at radius 1 is 1.10 bits per heavy atom. The molecule has 0 saturated carbocycles. The number of pyridine rings is 1. The Hall–Kier alpha value is -3.87. The zero-order valence-corrected chi connectivity index (χ0v) is 17.8. The van der Waals surface area contributed by atoms with E-state index in [0.29, 0.717) is 36.2 Å². The van der Waals surface area contributed by atoms with E-state index in [9.17, 15) is 4.79 Å². The van der Waals surface area contributed by atoms with Crippen molar-refractivity contribution in [2.75, 3.05) is 0 Å². The fraction of sp³-hybridized carbons (Fsp3) is 0.208. The number of hydrogen-bond donors (Lipinski definition) is 1. The molecule has 1 amide bonds. The summed E-state index contributed by atoms with van der Waals surface area (Å²) in [7, 11) is 0. The van der Waals surface area contributed by atoms with Crippen molar-refractivity contribution in [3.8, 4) is 11.7 Å². The Bertz CT molecular complexity index is 1190. The molecular weight excluding hydrogens is 392 g/mol. The predicted molar refractivity (Wildman–Crippen MR) is 116 cm³/mol. The molecule has 3 heterocycles. The lowest BCUT2D eigenvalue weighted by Gasteiger charge is -2.11. The number of carbonyl (C=O) groups excluding carboxylic acids is 1. The van der Waals surface area contributed by atoms with Crippen LogP contribution in [0.2, 0.25) is 0 Å². The largest absolute Gasteiger partial charge is 0.473 e. The van der Waals surface area contributed by atoms with Crippen molar-refractivity contribution in [2.45, 2.75) is 33.9 Å². The van der Waals surface area contributed by atoms with Gasteiger partial charge in [0.1, 0.15) is 12.4 Å². The summed E-state index contributed by atoms with van der Waals surface area (Å²) in [6.07, 6.45) is 1.68. The SMILES string of the molecule is Cc1cc(-n2c(C)cc(C(=O)NCc3cccnc3OCc3ccccc3)c2C)no1. The number of nitrogens with one attached hydrogen (secondary N) is 1. The molecule has 4 rings (SSSR count). The molecule has 7 heteroatoms. The summed E-state index contributed by atoms with van der Waals surface area (Å²) in [5.74, 6) is 1.72. The van der Waals surface area contributed by atoms with Crippen molar-refractivity contribution >= 4 is 5.91 Å². The van der Waals surface area contributed by atoms with Crippen LogP contribution in [-0.4, -0.2) is 20.6 Å². The summed E-state index contributed by atoms with van der Waals surface area (Å²) < 4.78 is 13.0. The van der Waals surface area contributed by atoms with Crippen LogP contribution in [0.25, 0.3) is 5.82 Å². The minimum atomic E-state index is -0.169. The lowest BCUT2D eigenvalue weighted by atomic mass is 10.2. The van der Waals surface area contributed by atoms with Gasteiger partial charge in [0.15, 0.2) is 5.82 Å². The van der Waals surface area contributed by atoms with E-state index in [-0.39, 0.29) is 5.91 Å². The highest BCUT2D eigenvalue weighted by Gasteiger charge is 2.18. The number of rotatable bonds is 7. The standard InChI is InChI=1S/C24H24N4O3/c1-16-12-21(18(3)28(16)22-13-17(2)31-27-22)23(29)26-14-20-10-7-11-25-24(20)30-15-19-8-5-4-6-9-19/h4-13H,14-15H2,1-3H3,(H,26,29). The summed E-state index contributed by atoms with van der Waals surface area (Å²) in [6, 6.07) is 17.3. The van der Waals surface area contributed by atoms with Gasteiger partial charge in [-0.25, -0.2) is 4.98 Å². The monoisotopic (exact) mass is 416 g/mol. The topological polar surface area (TPSA) is 82.2 Å². The van der Waals surface area contributed by atoms with Crippen molar-refractivity contribution < 1.29 is 14.1 Å². The average Bonchev–Trinajstić information content (AvgIpc) is 3.33. The third kappa shape index (κ3) is 4.50. The molecule has 0 spiro atoms. The highest BCUT2D eigenvalue weighted by atomic mass is 16.5. The van der Waals surface area contributed by atoms with E-state index in [1.807, 2.05) is 79.9 Å². The Morgan fingerprint density at radius 2 is 1.90 bits per heavy atom. The maximum Gasteiger partial charge on any atom is 0.253 e. The molecule has 3 aromatic heterocycles. The van der Waals surface area contributed by atoms with Gasteiger partial charge in [0, 0.05) is 35.8 Å². The molecule has 0 aliphatic heterocycles. The number of carbonyl (C=O) groups is 1. The second-order valence-electron chi connectivity index (χ2n) is 7.34. The zero-order chi connectivity index (χ0) is 21.8. The number of benzene rings is 1.